The van der Waals surface area contributed by atoms with Crippen LogP contribution in [0.2, 0.25) is 0 Å². The van der Waals surface area contributed by atoms with Gasteiger partial charge in [-0.25, -0.2) is 4.79 Å². The molecule has 0 fully saturated rings. The van der Waals surface area contributed by atoms with Gasteiger partial charge in [0.15, 0.2) is 0 Å². The predicted molar refractivity (Wildman–Crippen MR) is 69.0 cm³/mol. The van der Waals surface area contributed by atoms with Gasteiger partial charge in [-0.2, -0.15) is 0 Å². The number of rotatable bonds is 3. The number of carbonyl (C=O) groups is 1. The van der Waals surface area contributed by atoms with E-state index in [0.717, 1.165) is 5.56 Å². The van der Waals surface area contributed by atoms with E-state index in [1.165, 1.54) is 18.4 Å². The first kappa shape index (κ1) is 15.1. The molecule has 2 aromatic carbocycles. The molecule has 2 rings (SSSR count). The Bertz CT molecular complexity index is 565. The van der Waals surface area contributed by atoms with Crippen LogP contribution in [0.15, 0.2) is 60.9 Å². The Labute approximate surface area is 124 Å². The molecule has 0 atom stereocenters. The molecule has 3 nitrogen and oxygen atoms in total. The molecule has 0 aromatic heterocycles. The zero-order valence-corrected chi connectivity index (χ0v) is 13.3. The fourth-order valence-electron chi connectivity index (χ4n) is 1.45. The number of aromatic hydroxyl groups is 1. The van der Waals surface area contributed by atoms with E-state index in [4.69, 9.17) is 4.74 Å². The van der Waals surface area contributed by atoms with E-state index in [1.807, 2.05) is 30.3 Å². The number of phenolic OH excluding ortho intramolecular Hbond substituents is 1. The molecule has 0 spiro atoms. The van der Waals surface area contributed by atoms with Crippen LogP contribution in [0.25, 0.3) is 6.08 Å². The molecule has 0 aliphatic rings. The molecule has 4 heteroatoms. The van der Waals surface area contributed by atoms with E-state index in [1.54, 1.807) is 18.2 Å². The summed E-state index contributed by atoms with van der Waals surface area (Å²) < 4.78 is 4.93. The number of hydrogen-bond acceptors (Lipinski definition) is 3. The molecular formula is C15H12O3Zn. The van der Waals surface area contributed by atoms with E-state index < -0.39 is 5.97 Å². The fraction of sp³-hybridized carbons (Fsp3) is 0. The Hall–Kier alpha value is -1.93. The van der Waals surface area contributed by atoms with E-state index in [0.29, 0.717) is 0 Å². The van der Waals surface area contributed by atoms with Crippen molar-refractivity contribution in [2.45, 2.75) is 0 Å². The van der Waals surface area contributed by atoms with Crippen molar-refractivity contribution < 1.29 is 34.1 Å². The van der Waals surface area contributed by atoms with Crippen LogP contribution in [0.1, 0.15) is 15.9 Å². The van der Waals surface area contributed by atoms with E-state index in [2.05, 4.69) is 0 Å². The van der Waals surface area contributed by atoms with Crippen molar-refractivity contribution in [1.82, 2.24) is 0 Å². The van der Waals surface area contributed by atoms with Gasteiger partial charge in [0.25, 0.3) is 0 Å². The Morgan fingerprint density at radius 1 is 1.00 bits per heavy atom. The van der Waals surface area contributed by atoms with Gasteiger partial charge in [-0.3, -0.25) is 0 Å². The van der Waals surface area contributed by atoms with Gasteiger partial charge in [-0.1, -0.05) is 42.5 Å². The van der Waals surface area contributed by atoms with Gasteiger partial charge in [-0.15, -0.1) is 0 Å². The molecule has 0 radical (unpaired) electrons. The maximum absolute atomic E-state index is 11.6. The van der Waals surface area contributed by atoms with E-state index >= 15 is 0 Å². The quantitative estimate of drug-likeness (QED) is 0.538. The van der Waals surface area contributed by atoms with Crippen LogP contribution in [0.4, 0.5) is 0 Å². The Morgan fingerprint density at radius 3 is 2.32 bits per heavy atom. The van der Waals surface area contributed by atoms with Gasteiger partial charge in [0.05, 0.1) is 6.26 Å². The van der Waals surface area contributed by atoms with Gasteiger partial charge in [-0.05, 0) is 23.8 Å². The van der Waals surface area contributed by atoms with Crippen molar-refractivity contribution in [2.75, 3.05) is 0 Å². The van der Waals surface area contributed by atoms with Crippen molar-refractivity contribution in [2.24, 2.45) is 0 Å². The fourth-order valence-corrected chi connectivity index (χ4v) is 1.45. The van der Waals surface area contributed by atoms with Gasteiger partial charge in [0.2, 0.25) is 0 Å². The molecule has 0 bridgehead atoms. The minimum atomic E-state index is -0.583. The second-order valence-electron chi connectivity index (χ2n) is 3.64. The largest absolute Gasteiger partial charge is 0.507 e. The molecule has 0 unspecified atom stereocenters. The van der Waals surface area contributed by atoms with Crippen molar-refractivity contribution in [1.29, 1.82) is 0 Å². The Morgan fingerprint density at radius 2 is 1.63 bits per heavy atom. The molecule has 19 heavy (non-hydrogen) atoms. The molecular weight excluding hydrogens is 294 g/mol. The summed E-state index contributed by atoms with van der Waals surface area (Å²) in [5.41, 5.74) is 1.08. The summed E-state index contributed by atoms with van der Waals surface area (Å²) in [4.78, 5) is 11.6. The first-order valence-electron chi connectivity index (χ1n) is 5.48. The Balaban J connectivity index is 0.00000180. The van der Waals surface area contributed by atoms with E-state index in [-0.39, 0.29) is 30.8 Å². The molecule has 2 aromatic rings. The minimum absolute atomic E-state index is 0. The van der Waals surface area contributed by atoms with Crippen LogP contribution in [0, 0.1) is 0 Å². The van der Waals surface area contributed by atoms with Crippen LogP contribution in [0.5, 0.6) is 5.75 Å². The summed E-state index contributed by atoms with van der Waals surface area (Å²) in [5, 5.41) is 9.47. The standard InChI is InChI=1S/C15H12O3.Zn/c16-14-9-5-4-8-13(14)15(17)18-11-10-12-6-2-1-3-7-12;/h1-11,16H;. The maximum atomic E-state index is 11.6. The summed E-state index contributed by atoms with van der Waals surface area (Å²) in [7, 11) is 0. The Kier molecular flexibility index (Phi) is 5.97. The van der Waals surface area contributed by atoms with Crippen LogP contribution in [0.3, 0.4) is 0 Å². The second-order valence-corrected chi connectivity index (χ2v) is 3.64. The molecule has 92 valence electrons. The predicted octanol–water partition coefficient (Wildman–Crippen LogP) is 3.22. The zero-order valence-electron chi connectivity index (χ0n) is 10.3. The number of phenols is 1. The van der Waals surface area contributed by atoms with Gasteiger partial charge >= 0.3 is 5.97 Å². The number of benzene rings is 2. The van der Waals surface area contributed by atoms with E-state index in [9.17, 15) is 9.90 Å². The summed E-state index contributed by atoms with van der Waals surface area (Å²) in [6, 6.07) is 15.7. The first-order valence-corrected chi connectivity index (χ1v) is 5.48. The molecule has 0 heterocycles. The van der Waals surface area contributed by atoms with Crippen LogP contribution < -0.4 is 0 Å². The summed E-state index contributed by atoms with van der Waals surface area (Å²) in [5.74, 6) is -0.670. The van der Waals surface area contributed by atoms with Gasteiger partial charge < -0.3 is 9.84 Å². The molecule has 0 aliphatic carbocycles. The smallest absolute Gasteiger partial charge is 0.346 e. The van der Waals surface area contributed by atoms with Crippen LogP contribution in [-0.4, -0.2) is 11.1 Å². The monoisotopic (exact) mass is 304 g/mol. The summed E-state index contributed by atoms with van der Waals surface area (Å²) in [6.45, 7) is 0. The minimum Gasteiger partial charge on any atom is -0.507 e. The molecule has 0 aliphatic heterocycles. The first-order chi connectivity index (χ1) is 8.77. The number of carbonyl (C=O) groups excluding carboxylic acids is 1. The van der Waals surface area contributed by atoms with Crippen LogP contribution in [-0.2, 0) is 24.2 Å². The number of para-hydroxylation sites is 1. The number of ether oxygens (including phenoxy) is 1. The molecule has 0 amide bonds. The van der Waals surface area contributed by atoms with Crippen LogP contribution >= 0.6 is 0 Å². The normalized spacial score (nSPS) is 9.89. The third-order valence-corrected chi connectivity index (χ3v) is 2.36. The summed E-state index contributed by atoms with van der Waals surface area (Å²) >= 11 is 0. The third kappa shape index (κ3) is 4.34. The maximum Gasteiger partial charge on any atom is 0.346 e. The molecule has 0 saturated heterocycles. The number of esters is 1. The number of hydrogen-bond donors (Lipinski definition) is 1. The van der Waals surface area contributed by atoms with Gasteiger partial charge in [0, 0.05) is 19.5 Å². The van der Waals surface area contributed by atoms with Crippen molar-refractivity contribution >= 4 is 12.0 Å². The molecule has 1 N–H and O–H groups in total. The second kappa shape index (κ2) is 7.50. The average molecular weight is 306 g/mol. The van der Waals surface area contributed by atoms with Crippen molar-refractivity contribution in [3.8, 4) is 5.75 Å². The molecule has 0 saturated carbocycles. The zero-order chi connectivity index (χ0) is 12.8. The average Bonchev–Trinajstić information content (AvgIpc) is 2.40. The SMILES string of the molecule is O=C(OC=Cc1ccccc1)c1ccccc1O.[Zn]. The topological polar surface area (TPSA) is 46.5 Å². The van der Waals surface area contributed by atoms with Crippen molar-refractivity contribution in [3.63, 3.8) is 0 Å². The van der Waals surface area contributed by atoms with Gasteiger partial charge in [0.1, 0.15) is 11.3 Å². The summed E-state index contributed by atoms with van der Waals surface area (Å²) in [6.07, 6.45) is 2.99. The third-order valence-electron chi connectivity index (χ3n) is 2.36. The van der Waals surface area contributed by atoms with Crippen molar-refractivity contribution in [3.05, 3.63) is 72.0 Å².